The van der Waals surface area contributed by atoms with E-state index >= 15 is 0 Å². The number of nitrogens with zero attached hydrogens (tertiary/aromatic N) is 2. The highest BCUT2D eigenvalue weighted by Gasteiger charge is 2.27. The lowest BCUT2D eigenvalue weighted by Crippen LogP contribution is -2.42. The summed E-state index contributed by atoms with van der Waals surface area (Å²) in [6.07, 6.45) is 3.70. The van der Waals surface area contributed by atoms with Gasteiger partial charge >= 0.3 is 0 Å². The Morgan fingerprint density at radius 1 is 1.73 bits per heavy atom. The Hall–Kier alpha value is -1.01. The number of carbonyl (C=O) groups is 1. The van der Waals surface area contributed by atoms with Crippen LogP contribution < -0.4 is 11.3 Å². The summed E-state index contributed by atoms with van der Waals surface area (Å²) in [5.74, 6) is 5.62. The zero-order valence-electron chi connectivity index (χ0n) is 9.15. The van der Waals surface area contributed by atoms with Gasteiger partial charge in [0, 0.05) is 23.9 Å². The fourth-order valence-electron chi connectivity index (χ4n) is 0.998. The standard InChI is InChI=1S/C9H16N4OS/c1-9(2,8(14)12-10)6-15-7-4-11-13(3)5-7/h4-5H,6,10H2,1-3H3,(H,12,14). The van der Waals surface area contributed by atoms with Gasteiger partial charge in [0.05, 0.1) is 11.6 Å². The topological polar surface area (TPSA) is 72.9 Å². The summed E-state index contributed by atoms with van der Waals surface area (Å²) < 4.78 is 1.73. The summed E-state index contributed by atoms with van der Waals surface area (Å²) in [5.41, 5.74) is 1.70. The number of aromatic nitrogens is 2. The van der Waals surface area contributed by atoms with E-state index in [2.05, 4.69) is 10.5 Å². The monoisotopic (exact) mass is 228 g/mol. The van der Waals surface area contributed by atoms with Crippen LogP contribution in [0.5, 0.6) is 0 Å². The van der Waals surface area contributed by atoms with Crippen LogP contribution in [-0.2, 0) is 11.8 Å². The number of hydrogen-bond donors (Lipinski definition) is 2. The smallest absolute Gasteiger partial charge is 0.240 e. The maximum absolute atomic E-state index is 11.4. The summed E-state index contributed by atoms with van der Waals surface area (Å²) in [5, 5.41) is 4.05. The molecule has 0 aliphatic carbocycles. The molecule has 6 heteroatoms. The van der Waals surface area contributed by atoms with Crippen LogP contribution in [0.3, 0.4) is 0 Å². The molecule has 0 aliphatic rings. The van der Waals surface area contributed by atoms with Crippen molar-refractivity contribution in [3.05, 3.63) is 12.4 Å². The Balaban J connectivity index is 2.53. The molecule has 0 fully saturated rings. The molecule has 0 radical (unpaired) electrons. The molecule has 0 atom stereocenters. The lowest BCUT2D eigenvalue weighted by atomic mass is 9.96. The Morgan fingerprint density at radius 2 is 2.40 bits per heavy atom. The molecule has 5 nitrogen and oxygen atoms in total. The molecule has 84 valence electrons. The highest BCUT2D eigenvalue weighted by atomic mass is 32.2. The largest absolute Gasteiger partial charge is 0.294 e. The molecule has 0 bridgehead atoms. The lowest BCUT2D eigenvalue weighted by Gasteiger charge is -2.20. The third-order valence-electron chi connectivity index (χ3n) is 2.03. The minimum atomic E-state index is -0.477. The van der Waals surface area contributed by atoms with E-state index in [1.807, 2.05) is 27.1 Å². The van der Waals surface area contributed by atoms with Gasteiger partial charge in [-0.05, 0) is 0 Å². The van der Waals surface area contributed by atoms with Gasteiger partial charge in [0.1, 0.15) is 0 Å². The van der Waals surface area contributed by atoms with E-state index in [9.17, 15) is 4.79 Å². The highest BCUT2D eigenvalue weighted by molar-refractivity contribution is 7.99. The van der Waals surface area contributed by atoms with E-state index in [1.165, 1.54) is 0 Å². The second-order valence-electron chi connectivity index (χ2n) is 4.00. The molecular weight excluding hydrogens is 212 g/mol. The number of nitrogens with two attached hydrogens (primary N) is 1. The van der Waals surface area contributed by atoms with E-state index < -0.39 is 5.41 Å². The third kappa shape index (κ3) is 3.24. The first-order valence-corrected chi connectivity index (χ1v) is 5.57. The summed E-state index contributed by atoms with van der Waals surface area (Å²) >= 11 is 1.59. The molecule has 1 rings (SSSR count). The van der Waals surface area contributed by atoms with E-state index in [4.69, 9.17) is 5.84 Å². The maximum atomic E-state index is 11.4. The molecule has 0 saturated carbocycles. The number of carbonyl (C=O) groups excluding carboxylic acids is 1. The number of rotatable bonds is 4. The van der Waals surface area contributed by atoms with E-state index in [-0.39, 0.29) is 5.91 Å². The van der Waals surface area contributed by atoms with Crippen LogP contribution in [0.25, 0.3) is 0 Å². The van der Waals surface area contributed by atoms with Gasteiger partial charge < -0.3 is 0 Å². The van der Waals surface area contributed by atoms with Gasteiger partial charge in [0.25, 0.3) is 0 Å². The third-order valence-corrected chi connectivity index (χ3v) is 3.44. The van der Waals surface area contributed by atoms with Crippen LogP contribution in [0.2, 0.25) is 0 Å². The van der Waals surface area contributed by atoms with Gasteiger partial charge in [0.2, 0.25) is 5.91 Å². The van der Waals surface area contributed by atoms with Gasteiger partial charge in [-0.1, -0.05) is 13.8 Å². The Kier molecular flexibility index (Phi) is 3.76. The molecule has 1 heterocycles. The van der Waals surface area contributed by atoms with Gasteiger partial charge in [0.15, 0.2) is 0 Å². The van der Waals surface area contributed by atoms with Crippen LogP contribution in [-0.4, -0.2) is 21.4 Å². The molecule has 3 N–H and O–H groups in total. The Labute approximate surface area is 93.4 Å². The maximum Gasteiger partial charge on any atom is 0.240 e. The average Bonchev–Trinajstić information content (AvgIpc) is 2.60. The Bertz CT molecular complexity index is 348. The number of aryl methyl sites for hydroxylation is 1. The first-order chi connectivity index (χ1) is 6.95. The van der Waals surface area contributed by atoms with Crippen molar-refractivity contribution < 1.29 is 4.79 Å². The molecule has 1 aromatic rings. The first kappa shape index (κ1) is 12.1. The summed E-state index contributed by atoms with van der Waals surface area (Å²) in [6.45, 7) is 3.72. The van der Waals surface area contributed by atoms with Crippen LogP contribution in [0.1, 0.15) is 13.8 Å². The minimum absolute atomic E-state index is 0.154. The van der Waals surface area contributed by atoms with E-state index in [0.29, 0.717) is 5.75 Å². The summed E-state index contributed by atoms with van der Waals surface area (Å²) in [4.78, 5) is 12.4. The van der Waals surface area contributed by atoms with Crippen LogP contribution in [0, 0.1) is 5.41 Å². The zero-order valence-corrected chi connectivity index (χ0v) is 9.97. The zero-order chi connectivity index (χ0) is 11.5. The second-order valence-corrected chi connectivity index (χ2v) is 5.04. The number of hydrazine groups is 1. The molecular formula is C9H16N4OS. The van der Waals surface area contributed by atoms with Crippen LogP contribution >= 0.6 is 11.8 Å². The molecule has 0 saturated heterocycles. The number of nitrogens with one attached hydrogen (secondary N) is 1. The molecule has 0 unspecified atom stereocenters. The quantitative estimate of drug-likeness (QED) is 0.341. The van der Waals surface area contributed by atoms with Crippen molar-refractivity contribution in [3.63, 3.8) is 0 Å². The molecule has 0 spiro atoms. The minimum Gasteiger partial charge on any atom is -0.294 e. The van der Waals surface area contributed by atoms with Crippen molar-refractivity contribution in [2.24, 2.45) is 18.3 Å². The SMILES string of the molecule is Cn1cc(SCC(C)(C)C(=O)NN)cn1. The van der Waals surface area contributed by atoms with Crippen molar-refractivity contribution in [1.29, 1.82) is 0 Å². The van der Waals surface area contributed by atoms with Crippen molar-refractivity contribution in [2.75, 3.05) is 5.75 Å². The van der Waals surface area contributed by atoms with Crippen LogP contribution in [0.4, 0.5) is 0 Å². The van der Waals surface area contributed by atoms with Crippen molar-refractivity contribution in [1.82, 2.24) is 15.2 Å². The van der Waals surface area contributed by atoms with Crippen molar-refractivity contribution in [3.8, 4) is 0 Å². The van der Waals surface area contributed by atoms with Gasteiger partial charge in [-0.25, -0.2) is 5.84 Å². The summed E-state index contributed by atoms with van der Waals surface area (Å²) in [7, 11) is 1.86. The molecule has 1 amide bonds. The van der Waals surface area contributed by atoms with Gasteiger partial charge in [-0.3, -0.25) is 14.9 Å². The van der Waals surface area contributed by atoms with Gasteiger partial charge in [-0.15, -0.1) is 11.8 Å². The van der Waals surface area contributed by atoms with Crippen LogP contribution in [0.15, 0.2) is 17.3 Å². The van der Waals surface area contributed by atoms with E-state index in [0.717, 1.165) is 4.90 Å². The molecule has 1 aromatic heterocycles. The fourth-order valence-corrected chi connectivity index (χ4v) is 2.01. The normalized spacial score (nSPS) is 11.5. The number of hydrogen-bond acceptors (Lipinski definition) is 4. The fraction of sp³-hybridized carbons (Fsp3) is 0.556. The van der Waals surface area contributed by atoms with Crippen molar-refractivity contribution in [2.45, 2.75) is 18.7 Å². The molecule has 0 aliphatic heterocycles. The average molecular weight is 228 g/mol. The first-order valence-electron chi connectivity index (χ1n) is 4.58. The lowest BCUT2D eigenvalue weighted by molar-refractivity contribution is -0.128. The van der Waals surface area contributed by atoms with Crippen molar-refractivity contribution >= 4 is 17.7 Å². The Morgan fingerprint density at radius 3 is 2.87 bits per heavy atom. The number of thioether (sulfide) groups is 1. The van der Waals surface area contributed by atoms with E-state index in [1.54, 1.807) is 22.6 Å². The predicted octanol–water partition coefficient (Wildman–Crippen LogP) is 0.528. The molecule has 0 aromatic carbocycles. The summed E-state index contributed by atoms with van der Waals surface area (Å²) in [6, 6.07) is 0. The van der Waals surface area contributed by atoms with Gasteiger partial charge in [-0.2, -0.15) is 5.10 Å². The number of amides is 1. The second kappa shape index (κ2) is 4.67. The molecule has 15 heavy (non-hydrogen) atoms. The highest BCUT2D eigenvalue weighted by Crippen LogP contribution is 2.27. The predicted molar refractivity (Wildman–Crippen MR) is 60.0 cm³/mol.